The summed E-state index contributed by atoms with van der Waals surface area (Å²) in [6, 6.07) is 14.2. The maximum atomic E-state index is 12.4. The molecule has 1 N–H and O–H groups in total. The van der Waals surface area contributed by atoms with E-state index in [0.29, 0.717) is 11.4 Å². The fourth-order valence-electron chi connectivity index (χ4n) is 3.51. The van der Waals surface area contributed by atoms with Crippen LogP contribution in [-0.4, -0.2) is 15.7 Å². The van der Waals surface area contributed by atoms with Crippen LogP contribution in [0.4, 0.5) is 5.82 Å². The summed E-state index contributed by atoms with van der Waals surface area (Å²) in [4.78, 5) is 12.4. The molecule has 1 atom stereocenters. The Kier molecular flexibility index (Phi) is 4.29. The highest BCUT2D eigenvalue weighted by atomic mass is 35.5. The summed E-state index contributed by atoms with van der Waals surface area (Å²) in [6.07, 6.45) is 3.29. The molecule has 132 valence electrons. The van der Waals surface area contributed by atoms with Crippen molar-refractivity contribution in [2.24, 2.45) is 0 Å². The topological polar surface area (TPSA) is 46.9 Å². The van der Waals surface area contributed by atoms with Gasteiger partial charge in [0.2, 0.25) is 5.91 Å². The number of hydrogen-bond donors (Lipinski definition) is 1. The number of rotatable bonds is 3. The van der Waals surface area contributed by atoms with Gasteiger partial charge in [0.15, 0.2) is 0 Å². The van der Waals surface area contributed by atoms with Gasteiger partial charge < -0.3 is 5.32 Å². The minimum absolute atomic E-state index is 0.00324. The van der Waals surface area contributed by atoms with Crippen LogP contribution in [-0.2, 0) is 11.2 Å². The van der Waals surface area contributed by atoms with Gasteiger partial charge in [-0.2, -0.15) is 5.10 Å². The van der Waals surface area contributed by atoms with Crippen molar-refractivity contribution in [1.29, 1.82) is 0 Å². The largest absolute Gasteiger partial charge is 0.310 e. The van der Waals surface area contributed by atoms with Crippen molar-refractivity contribution in [3.05, 3.63) is 75.9 Å². The number of halogens is 1. The third kappa shape index (κ3) is 2.80. The highest BCUT2D eigenvalue weighted by Gasteiger charge is 2.30. The van der Waals surface area contributed by atoms with Crippen LogP contribution in [0, 0.1) is 6.92 Å². The average Bonchev–Trinajstić information content (AvgIpc) is 3.07. The van der Waals surface area contributed by atoms with Crippen LogP contribution >= 0.6 is 11.6 Å². The van der Waals surface area contributed by atoms with Gasteiger partial charge in [-0.25, -0.2) is 4.68 Å². The van der Waals surface area contributed by atoms with Gasteiger partial charge in [0.25, 0.3) is 0 Å². The molecule has 1 aromatic heterocycles. The van der Waals surface area contributed by atoms with E-state index in [9.17, 15) is 4.79 Å². The van der Waals surface area contributed by atoms with E-state index in [4.69, 9.17) is 11.6 Å². The molecule has 0 aliphatic carbocycles. The molecule has 0 spiro atoms. The first-order valence-corrected chi connectivity index (χ1v) is 9.18. The second kappa shape index (κ2) is 6.61. The molecule has 4 nitrogen and oxygen atoms in total. The molecular formula is C21H20ClN3O. The number of anilines is 1. The van der Waals surface area contributed by atoms with Gasteiger partial charge in [-0.05, 0) is 42.2 Å². The lowest BCUT2D eigenvalue weighted by Crippen LogP contribution is -2.24. The van der Waals surface area contributed by atoms with Gasteiger partial charge in [-0.1, -0.05) is 48.9 Å². The Balaban J connectivity index is 1.81. The maximum Gasteiger partial charge on any atom is 0.226 e. The Morgan fingerprint density at radius 3 is 2.73 bits per heavy atom. The summed E-state index contributed by atoms with van der Waals surface area (Å²) in [5.41, 5.74) is 5.28. The van der Waals surface area contributed by atoms with Crippen LogP contribution in [0.1, 0.15) is 41.5 Å². The fourth-order valence-corrected chi connectivity index (χ4v) is 3.68. The first-order valence-electron chi connectivity index (χ1n) is 8.80. The van der Waals surface area contributed by atoms with Crippen molar-refractivity contribution in [3.8, 4) is 5.69 Å². The number of benzene rings is 2. The Labute approximate surface area is 157 Å². The SMILES string of the molecule is CCc1ccc([C@@H]2CC(=O)Nc3c2cnn3-c2cccc(Cl)c2C)cc1. The predicted molar refractivity (Wildman–Crippen MR) is 104 cm³/mol. The van der Waals surface area contributed by atoms with Crippen molar-refractivity contribution in [1.82, 2.24) is 9.78 Å². The number of amides is 1. The minimum atomic E-state index is 0.00324. The molecule has 0 unspecified atom stereocenters. The summed E-state index contributed by atoms with van der Waals surface area (Å²) in [5, 5.41) is 8.23. The van der Waals surface area contributed by atoms with E-state index in [1.54, 1.807) is 4.68 Å². The van der Waals surface area contributed by atoms with Crippen LogP contribution < -0.4 is 5.32 Å². The number of aryl methyl sites for hydroxylation is 1. The van der Waals surface area contributed by atoms with E-state index < -0.39 is 0 Å². The lowest BCUT2D eigenvalue weighted by atomic mass is 9.87. The second-order valence-corrected chi connectivity index (χ2v) is 7.05. The Morgan fingerprint density at radius 1 is 1.23 bits per heavy atom. The summed E-state index contributed by atoms with van der Waals surface area (Å²) in [5.74, 6) is 0.748. The summed E-state index contributed by atoms with van der Waals surface area (Å²) >= 11 is 6.27. The molecule has 1 aliphatic rings. The van der Waals surface area contributed by atoms with Crippen molar-refractivity contribution in [3.63, 3.8) is 0 Å². The van der Waals surface area contributed by atoms with E-state index in [-0.39, 0.29) is 11.8 Å². The first kappa shape index (κ1) is 16.9. The zero-order chi connectivity index (χ0) is 18.3. The molecule has 3 aromatic rings. The van der Waals surface area contributed by atoms with E-state index in [1.807, 2.05) is 31.3 Å². The van der Waals surface area contributed by atoms with Crippen LogP contribution in [0.15, 0.2) is 48.7 Å². The van der Waals surface area contributed by atoms with Crippen LogP contribution in [0.25, 0.3) is 5.69 Å². The lowest BCUT2D eigenvalue weighted by molar-refractivity contribution is -0.116. The molecule has 0 fully saturated rings. The lowest BCUT2D eigenvalue weighted by Gasteiger charge is -2.24. The van der Waals surface area contributed by atoms with Gasteiger partial charge in [0.05, 0.1) is 11.9 Å². The fraction of sp³-hybridized carbons (Fsp3) is 0.238. The summed E-state index contributed by atoms with van der Waals surface area (Å²) in [6.45, 7) is 4.09. The number of carbonyl (C=O) groups is 1. The van der Waals surface area contributed by atoms with E-state index in [2.05, 4.69) is 41.6 Å². The number of aromatic nitrogens is 2. The molecule has 0 bridgehead atoms. The zero-order valence-electron chi connectivity index (χ0n) is 14.8. The Morgan fingerprint density at radius 2 is 2.00 bits per heavy atom. The molecule has 26 heavy (non-hydrogen) atoms. The van der Waals surface area contributed by atoms with Gasteiger partial charge in [-0.3, -0.25) is 4.79 Å². The van der Waals surface area contributed by atoms with Crippen molar-refractivity contribution in [2.45, 2.75) is 32.6 Å². The highest BCUT2D eigenvalue weighted by Crippen LogP contribution is 2.38. The van der Waals surface area contributed by atoms with Crippen molar-refractivity contribution < 1.29 is 4.79 Å². The standard InChI is InChI=1S/C21H20ClN3O/c1-3-14-7-9-15(10-8-14)16-11-20(26)24-21-17(16)12-23-25(21)19-6-4-5-18(22)13(19)2/h4-10,12,16H,3,11H2,1-2H3,(H,24,26)/t16-/m0/s1. The van der Waals surface area contributed by atoms with E-state index >= 15 is 0 Å². The van der Waals surface area contributed by atoms with Crippen LogP contribution in [0.2, 0.25) is 5.02 Å². The monoisotopic (exact) mass is 365 g/mol. The molecule has 2 heterocycles. The number of fused-ring (bicyclic) bond motifs is 1. The molecule has 0 radical (unpaired) electrons. The van der Waals surface area contributed by atoms with Crippen molar-refractivity contribution in [2.75, 3.05) is 5.32 Å². The molecular weight excluding hydrogens is 346 g/mol. The van der Waals surface area contributed by atoms with Crippen molar-refractivity contribution >= 4 is 23.3 Å². The number of hydrogen-bond acceptors (Lipinski definition) is 2. The Bertz CT molecular complexity index is 975. The summed E-state index contributed by atoms with van der Waals surface area (Å²) < 4.78 is 1.78. The van der Waals surface area contributed by atoms with Gasteiger partial charge in [0, 0.05) is 22.9 Å². The quantitative estimate of drug-likeness (QED) is 0.719. The molecule has 5 heteroatoms. The molecule has 4 rings (SSSR count). The molecule has 0 saturated heterocycles. The molecule has 1 aliphatic heterocycles. The average molecular weight is 366 g/mol. The smallest absolute Gasteiger partial charge is 0.226 e. The first-order chi connectivity index (χ1) is 12.6. The third-order valence-electron chi connectivity index (χ3n) is 5.08. The van der Waals surface area contributed by atoms with Crippen LogP contribution in [0.5, 0.6) is 0 Å². The minimum Gasteiger partial charge on any atom is -0.310 e. The van der Waals surface area contributed by atoms with Gasteiger partial charge in [0.1, 0.15) is 5.82 Å². The van der Waals surface area contributed by atoms with E-state index in [0.717, 1.165) is 34.6 Å². The molecule has 0 saturated carbocycles. The highest BCUT2D eigenvalue weighted by molar-refractivity contribution is 6.31. The number of nitrogens with zero attached hydrogens (tertiary/aromatic N) is 2. The van der Waals surface area contributed by atoms with Crippen LogP contribution in [0.3, 0.4) is 0 Å². The Hall–Kier alpha value is -2.59. The van der Waals surface area contributed by atoms with Gasteiger partial charge in [-0.15, -0.1) is 0 Å². The second-order valence-electron chi connectivity index (χ2n) is 6.64. The third-order valence-corrected chi connectivity index (χ3v) is 5.49. The van der Waals surface area contributed by atoms with Gasteiger partial charge >= 0.3 is 0 Å². The normalized spacial score (nSPS) is 16.3. The number of carbonyl (C=O) groups excluding carboxylic acids is 1. The predicted octanol–water partition coefficient (Wildman–Crippen LogP) is 4.87. The zero-order valence-corrected chi connectivity index (χ0v) is 15.5. The number of nitrogens with one attached hydrogen (secondary N) is 1. The summed E-state index contributed by atoms with van der Waals surface area (Å²) in [7, 11) is 0. The molecule has 2 aromatic carbocycles. The maximum absolute atomic E-state index is 12.4. The molecule has 1 amide bonds. The van der Waals surface area contributed by atoms with E-state index in [1.165, 1.54) is 5.56 Å².